The van der Waals surface area contributed by atoms with E-state index in [2.05, 4.69) is 93.6 Å². The molecule has 0 radical (unpaired) electrons. The first-order valence-electron chi connectivity index (χ1n) is 11.2. The number of anilines is 1. The number of benzene rings is 3. The number of rotatable bonds is 7. The summed E-state index contributed by atoms with van der Waals surface area (Å²) in [7, 11) is 0. The third-order valence-corrected chi connectivity index (χ3v) is 5.75. The normalized spacial score (nSPS) is 11.9. The van der Waals surface area contributed by atoms with Gasteiger partial charge in [-0.05, 0) is 49.2 Å². The van der Waals surface area contributed by atoms with Crippen LogP contribution in [0.2, 0.25) is 0 Å². The third-order valence-electron chi connectivity index (χ3n) is 5.75. The summed E-state index contributed by atoms with van der Waals surface area (Å²) in [6.07, 6.45) is 3.77. The first kappa shape index (κ1) is 20.8. The highest BCUT2D eigenvalue weighted by molar-refractivity contribution is 6.02. The van der Waals surface area contributed by atoms with Gasteiger partial charge in [0.25, 0.3) is 0 Å². The fourth-order valence-electron chi connectivity index (χ4n) is 4.10. The minimum atomic E-state index is 0.0988. The molecule has 0 amide bonds. The maximum atomic E-state index is 5.62. The lowest BCUT2D eigenvalue weighted by Crippen LogP contribution is -2.08. The molecule has 0 saturated heterocycles. The van der Waals surface area contributed by atoms with Crippen molar-refractivity contribution in [2.45, 2.75) is 19.9 Å². The van der Waals surface area contributed by atoms with Gasteiger partial charge in [0.2, 0.25) is 0 Å². The molecule has 1 unspecified atom stereocenters. The van der Waals surface area contributed by atoms with Crippen molar-refractivity contribution in [2.75, 3.05) is 11.9 Å². The summed E-state index contributed by atoms with van der Waals surface area (Å²) < 4.78 is 7.74. The lowest BCUT2D eigenvalue weighted by atomic mass is 10.1. The molecule has 0 saturated carbocycles. The quantitative estimate of drug-likeness (QED) is 0.311. The van der Waals surface area contributed by atoms with Gasteiger partial charge in [-0.1, -0.05) is 60.7 Å². The summed E-state index contributed by atoms with van der Waals surface area (Å²) >= 11 is 0. The molecular weight excluding hydrogens is 408 g/mol. The van der Waals surface area contributed by atoms with Crippen LogP contribution in [0, 0.1) is 0 Å². The first-order chi connectivity index (χ1) is 16.2. The van der Waals surface area contributed by atoms with Crippen LogP contribution < -0.4 is 10.1 Å². The summed E-state index contributed by atoms with van der Waals surface area (Å²) in [5.74, 6) is 1.68. The maximum Gasteiger partial charge on any atom is 0.150 e. The van der Waals surface area contributed by atoms with Crippen LogP contribution in [0.5, 0.6) is 5.75 Å². The number of hydrogen-bond donors (Lipinski definition) is 1. The van der Waals surface area contributed by atoms with E-state index >= 15 is 0 Å². The van der Waals surface area contributed by atoms with Crippen molar-refractivity contribution in [3.8, 4) is 22.6 Å². The number of nitrogens with one attached hydrogen (secondary N) is 1. The van der Waals surface area contributed by atoms with Crippen LogP contribution in [-0.2, 0) is 0 Å². The zero-order chi connectivity index (χ0) is 22.6. The zero-order valence-corrected chi connectivity index (χ0v) is 18.8. The topological polar surface area (TPSA) is 52.0 Å². The van der Waals surface area contributed by atoms with E-state index in [0.29, 0.717) is 6.61 Å². The Bertz CT molecular complexity index is 1350. The van der Waals surface area contributed by atoms with Crippen molar-refractivity contribution >= 4 is 16.9 Å². The maximum absolute atomic E-state index is 5.62. The van der Waals surface area contributed by atoms with Gasteiger partial charge in [-0.3, -0.25) is 0 Å². The van der Waals surface area contributed by atoms with E-state index < -0.39 is 0 Å². The van der Waals surface area contributed by atoms with Crippen molar-refractivity contribution in [1.29, 1.82) is 0 Å². The Labute approximate surface area is 193 Å². The Kier molecular flexibility index (Phi) is 5.77. The fraction of sp³-hybridized carbons (Fsp3) is 0.143. The monoisotopic (exact) mass is 434 g/mol. The lowest BCUT2D eigenvalue weighted by Gasteiger charge is -2.16. The average Bonchev–Trinajstić information content (AvgIpc) is 3.26. The molecule has 33 heavy (non-hydrogen) atoms. The van der Waals surface area contributed by atoms with E-state index in [1.807, 2.05) is 31.2 Å². The van der Waals surface area contributed by atoms with Crippen molar-refractivity contribution in [2.24, 2.45) is 0 Å². The van der Waals surface area contributed by atoms with Crippen LogP contribution in [0.4, 0.5) is 5.82 Å². The van der Waals surface area contributed by atoms with Gasteiger partial charge in [0.15, 0.2) is 5.65 Å². The molecular formula is C28H26N4O. The molecule has 0 aliphatic carbocycles. The van der Waals surface area contributed by atoms with E-state index in [-0.39, 0.29) is 6.04 Å². The number of aromatic nitrogens is 3. The minimum Gasteiger partial charge on any atom is -0.494 e. The second-order valence-electron chi connectivity index (χ2n) is 7.90. The van der Waals surface area contributed by atoms with Crippen molar-refractivity contribution in [3.63, 3.8) is 0 Å². The summed E-state index contributed by atoms with van der Waals surface area (Å²) in [4.78, 5) is 9.33. The fourth-order valence-corrected chi connectivity index (χ4v) is 4.10. The number of fused-ring (bicyclic) bond motifs is 1. The van der Waals surface area contributed by atoms with Crippen LogP contribution in [-0.4, -0.2) is 21.1 Å². The van der Waals surface area contributed by atoms with Crippen LogP contribution in [0.25, 0.3) is 27.8 Å². The molecule has 5 heteroatoms. The zero-order valence-electron chi connectivity index (χ0n) is 18.8. The van der Waals surface area contributed by atoms with Gasteiger partial charge in [0, 0.05) is 23.5 Å². The van der Waals surface area contributed by atoms with E-state index in [9.17, 15) is 0 Å². The largest absolute Gasteiger partial charge is 0.494 e. The second kappa shape index (κ2) is 9.17. The van der Waals surface area contributed by atoms with Gasteiger partial charge in [-0.25, -0.2) is 9.97 Å². The summed E-state index contributed by atoms with van der Waals surface area (Å²) in [5, 5.41) is 4.62. The van der Waals surface area contributed by atoms with Crippen molar-refractivity contribution < 1.29 is 4.74 Å². The van der Waals surface area contributed by atoms with E-state index in [1.165, 1.54) is 5.56 Å². The summed E-state index contributed by atoms with van der Waals surface area (Å²) in [6.45, 7) is 4.78. The van der Waals surface area contributed by atoms with Gasteiger partial charge in [-0.2, -0.15) is 0 Å². The Balaban J connectivity index is 1.65. The first-order valence-corrected chi connectivity index (χ1v) is 11.2. The van der Waals surface area contributed by atoms with Gasteiger partial charge in [0.1, 0.15) is 17.9 Å². The molecule has 1 N–H and O–H groups in total. The van der Waals surface area contributed by atoms with E-state index in [4.69, 9.17) is 4.74 Å². The molecule has 5 nitrogen and oxygen atoms in total. The smallest absolute Gasteiger partial charge is 0.150 e. The molecule has 0 bridgehead atoms. The van der Waals surface area contributed by atoms with Crippen LogP contribution >= 0.6 is 0 Å². The predicted molar refractivity (Wildman–Crippen MR) is 134 cm³/mol. The van der Waals surface area contributed by atoms with Gasteiger partial charge in [0.05, 0.1) is 12.0 Å². The number of hydrogen-bond acceptors (Lipinski definition) is 4. The molecule has 2 heterocycles. The van der Waals surface area contributed by atoms with Gasteiger partial charge in [-0.15, -0.1) is 0 Å². The van der Waals surface area contributed by atoms with Crippen LogP contribution in [0.3, 0.4) is 0 Å². The molecule has 0 aliphatic rings. The molecule has 164 valence electrons. The predicted octanol–water partition coefficient (Wildman–Crippen LogP) is 6.66. The van der Waals surface area contributed by atoms with Gasteiger partial charge < -0.3 is 14.6 Å². The molecule has 5 aromatic rings. The van der Waals surface area contributed by atoms with Gasteiger partial charge >= 0.3 is 0 Å². The van der Waals surface area contributed by atoms with E-state index in [0.717, 1.165) is 39.4 Å². The summed E-state index contributed by atoms with van der Waals surface area (Å²) in [5.41, 5.74) is 5.29. The van der Waals surface area contributed by atoms with Crippen LogP contribution in [0.1, 0.15) is 25.5 Å². The summed E-state index contributed by atoms with van der Waals surface area (Å²) in [6, 6.07) is 29.0. The Hall–Kier alpha value is -4.12. The second-order valence-corrected chi connectivity index (χ2v) is 7.90. The molecule has 0 fully saturated rings. The lowest BCUT2D eigenvalue weighted by molar-refractivity contribution is 0.340. The molecule has 2 aromatic heterocycles. The Morgan fingerprint density at radius 2 is 1.58 bits per heavy atom. The SMILES string of the molecule is CCOc1ccc(-n2cc(-c3ccccc3)c3c(NC(C)c4ccccc4)ncnc32)cc1. The van der Waals surface area contributed by atoms with E-state index in [1.54, 1.807) is 6.33 Å². The highest BCUT2D eigenvalue weighted by Gasteiger charge is 2.18. The van der Waals surface area contributed by atoms with Crippen LogP contribution in [0.15, 0.2) is 97.5 Å². The standard InChI is InChI=1S/C28H26N4O/c1-3-33-24-16-14-23(15-17-24)32-18-25(22-12-8-5-9-13-22)26-27(29-19-30-28(26)32)31-20(2)21-10-6-4-7-11-21/h4-20H,3H2,1-2H3,(H,29,30,31). The number of ether oxygens (including phenoxy) is 1. The number of nitrogens with zero attached hydrogens (tertiary/aromatic N) is 3. The highest BCUT2D eigenvalue weighted by atomic mass is 16.5. The van der Waals surface area contributed by atoms with Crippen molar-refractivity contribution in [1.82, 2.24) is 14.5 Å². The third kappa shape index (κ3) is 4.17. The van der Waals surface area contributed by atoms with Crippen molar-refractivity contribution in [3.05, 3.63) is 103 Å². The molecule has 1 atom stereocenters. The average molecular weight is 435 g/mol. The highest BCUT2D eigenvalue weighted by Crippen LogP contribution is 2.36. The molecule has 0 aliphatic heterocycles. The molecule has 0 spiro atoms. The Morgan fingerprint density at radius 3 is 2.27 bits per heavy atom. The minimum absolute atomic E-state index is 0.0988. The molecule has 5 rings (SSSR count). The molecule has 3 aromatic carbocycles. The Morgan fingerprint density at radius 1 is 0.879 bits per heavy atom.